The van der Waals surface area contributed by atoms with Gasteiger partial charge >= 0.3 is 0 Å². The largest absolute Gasteiger partial charge is 0.308 e. The van der Waals surface area contributed by atoms with Crippen molar-refractivity contribution in [2.45, 2.75) is 18.4 Å². The number of carbonyl (C=O) groups excluding carboxylic acids is 2. The highest BCUT2D eigenvalue weighted by atomic mass is 79.9. The van der Waals surface area contributed by atoms with Crippen molar-refractivity contribution in [3.05, 3.63) is 130 Å². The molecular weight excluding hydrogens is 526 g/mol. The average Bonchev–Trinajstić information content (AvgIpc) is 3.26. The topological polar surface area (TPSA) is 64.0 Å². The average molecular weight is 550 g/mol. The van der Waals surface area contributed by atoms with E-state index in [0.717, 1.165) is 32.1 Å². The number of rotatable bonds is 6. The van der Waals surface area contributed by atoms with Crippen molar-refractivity contribution in [1.82, 2.24) is 9.78 Å². The molecule has 6 rings (SSSR count). The van der Waals surface area contributed by atoms with E-state index in [1.807, 2.05) is 77.5 Å². The summed E-state index contributed by atoms with van der Waals surface area (Å²) < 4.78 is 2.91. The molecule has 0 spiro atoms. The second kappa shape index (κ2) is 9.45. The number of benzene rings is 4. The van der Waals surface area contributed by atoms with Gasteiger partial charge in [-0.2, -0.15) is 5.10 Å². The molecule has 6 heteroatoms. The highest BCUT2D eigenvalue weighted by Gasteiger charge is 2.41. The number of Topliss-reactive ketones (excluding diaryl/α,β-unsaturated/α-hetero) is 1. The molecule has 1 saturated carbocycles. The third-order valence-electron chi connectivity index (χ3n) is 7.09. The molecule has 5 nitrogen and oxygen atoms in total. The maximum atomic E-state index is 13.0. The summed E-state index contributed by atoms with van der Waals surface area (Å²) in [4.78, 5) is 24.5. The van der Waals surface area contributed by atoms with Gasteiger partial charge in [-0.05, 0) is 34.9 Å². The Morgan fingerprint density at radius 3 is 1.81 bits per heavy atom. The zero-order valence-corrected chi connectivity index (χ0v) is 21.6. The highest BCUT2D eigenvalue weighted by Crippen LogP contribution is 2.43. The summed E-state index contributed by atoms with van der Waals surface area (Å²) in [6.07, 6.45) is 0.576. The molecule has 1 aliphatic carbocycles. The van der Waals surface area contributed by atoms with Crippen LogP contribution in [-0.2, 0) is 15.1 Å². The van der Waals surface area contributed by atoms with Gasteiger partial charge in [-0.1, -0.05) is 107 Å². The first-order chi connectivity index (χ1) is 18.1. The number of hydrogen-bond acceptors (Lipinski definition) is 3. The number of aromatic nitrogens is 2. The predicted octanol–water partition coefficient (Wildman–Crippen LogP) is 6.56. The van der Waals surface area contributed by atoms with Gasteiger partial charge in [0, 0.05) is 22.7 Å². The van der Waals surface area contributed by atoms with Gasteiger partial charge in [-0.3, -0.25) is 9.59 Å². The van der Waals surface area contributed by atoms with Crippen molar-refractivity contribution in [3.8, 4) is 0 Å². The predicted molar refractivity (Wildman–Crippen MR) is 148 cm³/mol. The number of fused-ring (bicyclic) bond motifs is 1. The molecule has 1 aliphatic rings. The van der Waals surface area contributed by atoms with Crippen molar-refractivity contribution in [3.63, 3.8) is 0 Å². The van der Waals surface area contributed by atoms with Crippen molar-refractivity contribution >= 4 is 44.3 Å². The lowest BCUT2D eigenvalue weighted by Gasteiger charge is -2.37. The van der Waals surface area contributed by atoms with E-state index >= 15 is 0 Å². The Morgan fingerprint density at radius 1 is 0.811 bits per heavy atom. The lowest BCUT2D eigenvalue weighted by molar-refractivity contribution is -0.135. The second-order valence-electron chi connectivity index (χ2n) is 9.36. The minimum Gasteiger partial charge on any atom is -0.308 e. The lowest BCUT2D eigenvalue weighted by atomic mass is 9.77. The zero-order chi connectivity index (χ0) is 25.4. The Balaban J connectivity index is 1.66. The van der Waals surface area contributed by atoms with Crippen molar-refractivity contribution < 1.29 is 9.59 Å². The van der Waals surface area contributed by atoms with E-state index in [-0.39, 0.29) is 30.4 Å². The van der Waals surface area contributed by atoms with Crippen LogP contribution in [0, 0.1) is 5.92 Å². The summed E-state index contributed by atoms with van der Waals surface area (Å²) in [5, 5.41) is 8.97. The third-order valence-corrected chi connectivity index (χ3v) is 7.59. The molecule has 1 heterocycles. The molecule has 1 N–H and O–H groups in total. The second-order valence-corrected chi connectivity index (χ2v) is 10.3. The number of anilines is 1. The molecule has 1 fully saturated rings. The highest BCUT2D eigenvalue weighted by molar-refractivity contribution is 9.10. The van der Waals surface area contributed by atoms with Gasteiger partial charge in [0.15, 0.2) is 5.82 Å². The number of nitrogens with zero attached hydrogens (tertiary/aromatic N) is 2. The SMILES string of the molecule is O=C1CC(C(=O)Nc2nn(C(c3ccccc3)(c3ccccc3)c3ccccc3)c3ccc(Br)cc23)C1. The van der Waals surface area contributed by atoms with Gasteiger partial charge in [-0.15, -0.1) is 0 Å². The van der Waals surface area contributed by atoms with Crippen LogP contribution in [0.25, 0.3) is 10.9 Å². The van der Waals surface area contributed by atoms with E-state index < -0.39 is 5.54 Å². The monoisotopic (exact) mass is 549 g/mol. The summed E-state index contributed by atoms with van der Waals surface area (Å²) in [5.41, 5.74) is 3.19. The Labute approximate surface area is 223 Å². The van der Waals surface area contributed by atoms with Gasteiger partial charge in [-0.25, -0.2) is 4.68 Å². The van der Waals surface area contributed by atoms with E-state index in [9.17, 15) is 9.59 Å². The van der Waals surface area contributed by atoms with E-state index in [0.29, 0.717) is 5.82 Å². The molecule has 0 aliphatic heterocycles. The van der Waals surface area contributed by atoms with Crippen LogP contribution in [-0.4, -0.2) is 21.5 Å². The third kappa shape index (κ3) is 3.98. The quantitative estimate of drug-likeness (QED) is 0.244. The van der Waals surface area contributed by atoms with Crippen LogP contribution >= 0.6 is 15.9 Å². The van der Waals surface area contributed by atoms with Crippen molar-refractivity contribution in [2.75, 3.05) is 5.32 Å². The fourth-order valence-corrected chi connectivity index (χ4v) is 5.60. The molecule has 0 bridgehead atoms. The molecule has 182 valence electrons. The van der Waals surface area contributed by atoms with Crippen molar-refractivity contribution in [1.29, 1.82) is 0 Å². The van der Waals surface area contributed by atoms with Gasteiger partial charge < -0.3 is 5.32 Å². The number of carbonyl (C=O) groups is 2. The summed E-state index contributed by atoms with van der Waals surface area (Å²) in [5.74, 6) is 0.125. The normalized spacial score (nSPS) is 13.9. The number of halogens is 1. The number of amides is 1. The Morgan fingerprint density at radius 2 is 1.32 bits per heavy atom. The van der Waals surface area contributed by atoms with E-state index in [4.69, 9.17) is 5.10 Å². The first-order valence-electron chi connectivity index (χ1n) is 12.3. The Hall–Kier alpha value is -4.03. The molecule has 0 atom stereocenters. The number of nitrogens with one attached hydrogen (secondary N) is 1. The first kappa shape index (κ1) is 23.4. The van der Waals surface area contributed by atoms with Crippen LogP contribution < -0.4 is 5.32 Å². The molecule has 1 aromatic heterocycles. The van der Waals surface area contributed by atoms with Crippen LogP contribution in [0.1, 0.15) is 29.5 Å². The molecule has 1 amide bonds. The molecule has 0 saturated heterocycles. The van der Waals surface area contributed by atoms with Crippen LogP contribution in [0.15, 0.2) is 114 Å². The van der Waals surface area contributed by atoms with Gasteiger partial charge in [0.05, 0.1) is 11.4 Å². The van der Waals surface area contributed by atoms with Crippen molar-refractivity contribution in [2.24, 2.45) is 5.92 Å². The van der Waals surface area contributed by atoms with E-state index in [1.165, 1.54) is 0 Å². The van der Waals surface area contributed by atoms with Crippen LogP contribution in [0.2, 0.25) is 0 Å². The summed E-state index contributed by atoms with van der Waals surface area (Å²) in [6.45, 7) is 0. The molecule has 37 heavy (non-hydrogen) atoms. The Kier molecular flexibility index (Phi) is 5.97. The number of hydrogen-bond donors (Lipinski definition) is 1. The van der Waals surface area contributed by atoms with E-state index in [2.05, 4.69) is 57.6 Å². The number of ketones is 1. The fraction of sp³-hybridized carbons (Fsp3) is 0.129. The smallest absolute Gasteiger partial charge is 0.229 e. The summed E-state index contributed by atoms with van der Waals surface area (Å²) in [6, 6.07) is 36.9. The first-order valence-corrected chi connectivity index (χ1v) is 13.0. The van der Waals surface area contributed by atoms with Crippen LogP contribution in [0.3, 0.4) is 0 Å². The minimum atomic E-state index is -0.814. The van der Waals surface area contributed by atoms with Gasteiger partial charge in [0.2, 0.25) is 5.91 Å². The lowest BCUT2D eigenvalue weighted by Crippen LogP contribution is -2.39. The van der Waals surface area contributed by atoms with Gasteiger partial charge in [0.25, 0.3) is 0 Å². The van der Waals surface area contributed by atoms with Crippen LogP contribution in [0.4, 0.5) is 5.82 Å². The standard InChI is InChI=1S/C31H24BrN3O2/c32-25-16-17-28-27(20-25)29(33-30(37)21-18-26(36)19-21)34-35(28)31(22-10-4-1-5-11-22,23-12-6-2-7-13-23)24-14-8-3-9-15-24/h1-17,20-21H,18-19H2,(H,33,34,37). The molecule has 4 aromatic carbocycles. The maximum Gasteiger partial charge on any atom is 0.229 e. The van der Waals surface area contributed by atoms with Gasteiger partial charge in [0.1, 0.15) is 11.3 Å². The van der Waals surface area contributed by atoms with Crippen LogP contribution in [0.5, 0.6) is 0 Å². The minimum absolute atomic E-state index is 0.120. The molecule has 0 radical (unpaired) electrons. The summed E-state index contributed by atoms with van der Waals surface area (Å²) in [7, 11) is 0. The fourth-order valence-electron chi connectivity index (χ4n) is 5.24. The maximum absolute atomic E-state index is 13.0. The Bertz CT molecular complexity index is 1490. The van der Waals surface area contributed by atoms with E-state index in [1.54, 1.807) is 0 Å². The molecular formula is C31H24BrN3O2. The zero-order valence-electron chi connectivity index (χ0n) is 20.0. The summed E-state index contributed by atoms with van der Waals surface area (Å²) >= 11 is 3.59. The molecule has 5 aromatic rings. The molecule has 0 unspecified atom stereocenters.